The summed E-state index contributed by atoms with van der Waals surface area (Å²) in [5, 5.41) is 0. The number of piperazine rings is 1. The van der Waals surface area contributed by atoms with Gasteiger partial charge in [0.25, 0.3) is 0 Å². The number of nitrogens with zero attached hydrogens (tertiary/aromatic N) is 3. The van der Waals surface area contributed by atoms with Crippen molar-refractivity contribution in [2.45, 2.75) is 0 Å². The second kappa shape index (κ2) is 7.95. The van der Waals surface area contributed by atoms with E-state index in [9.17, 15) is 12.9 Å². The molecule has 0 unspecified atom stereocenters. The third-order valence-electron chi connectivity index (χ3n) is 3.24. The molecular formula is C12H16BF3KN3. The van der Waals surface area contributed by atoms with Gasteiger partial charge in [-0.15, -0.1) is 12.1 Å². The first-order chi connectivity index (χ1) is 8.97. The number of hydrogen-bond acceptors (Lipinski definition) is 3. The Kier molecular flexibility index (Phi) is 7.24. The van der Waals surface area contributed by atoms with Crippen molar-refractivity contribution in [3.05, 3.63) is 36.4 Å². The molecule has 20 heavy (non-hydrogen) atoms. The molecule has 104 valence electrons. The summed E-state index contributed by atoms with van der Waals surface area (Å²) < 4.78 is 37.4. The van der Waals surface area contributed by atoms with Gasteiger partial charge in [0, 0.05) is 32.4 Å². The van der Waals surface area contributed by atoms with Gasteiger partial charge in [0.05, 0.1) is 0 Å². The van der Waals surface area contributed by atoms with Gasteiger partial charge in [-0.3, -0.25) is 4.90 Å². The molecule has 2 heterocycles. The first-order valence-electron chi connectivity index (χ1n) is 6.23. The molecular weight excluding hydrogens is 293 g/mol. The summed E-state index contributed by atoms with van der Waals surface area (Å²) in [7, 11) is 0. The minimum absolute atomic E-state index is 0. The zero-order valence-corrected chi connectivity index (χ0v) is 14.7. The molecule has 0 bridgehead atoms. The summed E-state index contributed by atoms with van der Waals surface area (Å²) in [4.78, 5) is 8.11. The van der Waals surface area contributed by atoms with Gasteiger partial charge in [-0.05, 0) is 18.7 Å². The summed E-state index contributed by atoms with van der Waals surface area (Å²) in [5.41, 5.74) is -0.619. The summed E-state index contributed by atoms with van der Waals surface area (Å²) >= 11 is 0. The van der Waals surface area contributed by atoms with E-state index >= 15 is 0 Å². The molecule has 0 N–H and O–H groups in total. The number of rotatable bonds is 4. The van der Waals surface area contributed by atoms with Crippen molar-refractivity contribution in [1.82, 2.24) is 9.88 Å². The Morgan fingerprint density at radius 1 is 1.20 bits per heavy atom. The van der Waals surface area contributed by atoms with Gasteiger partial charge in [-0.25, -0.2) is 4.98 Å². The van der Waals surface area contributed by atoms with Crippen LogP contribution in [0.3, 0.4) is 0 Å². The second-order valence-electron chi connectivity index (χ2n) is 4.68. The standard InChI is InChI=1S/C12H16BF3N3.K/c1-11(13(14,15)16)10-18-6-8-19(9-7-18)12-4-2-3-5-17-12;/h2-5H,1,6-10H2;/q-1;+1. The number of aromatic nitrogens is 1. The van der Waals surface area contributed by atoms with Crippen molar-refractivity contribution in [2.75, 3.05) is 37.6 Å². The number of hydrogen-bond donors (Lipinski definition) is 0. The van der Waals surface area contributed by atoms with E-state index in [1.54, 1.807) is 11.1 Å². The van der Waals surface area contributed by atoms with E-state index in [-0.39, 0.29) is 57.9 Å². The van der Waals surface area contributed by atoms with Crippen LogP contribution in [0.2, 0.25) is 0 Å². The van der Waals surface area contributed by atoms with Crippen molar-refractivity contribution in [3.8, 4) is 0 Å². The van der Waals surface area contributed by atoms with Gasteiger partial charge in [-0.1, -0.05) is 6.07 Å². The fraction of sp³-hybridized carbons (Fsp3) is 0.417. The summed E-state index contributed by atoms with van der Waals surface area (Å²) in [6.07, 6.45) is 1.72. The Balaban J connectivity index is 0.00000200. The van der Waals surface area contributed by atoms with Crippen LogP contribution in [0.5, 0.6) is 0 Å². The van der Waals surface area contributed by atoms with Gasteiger partial charge in [0.15, 0.2) is 0 Å². The molecule has 1 aliphatic rings. The van der Waals surface area contributed by atoms with Crippen LogP contribution in [0.4, 0.5) is 18.8 Å². The first kappa shape index (κ1) is 18.2. The number of pyridine rings is 1. The van der Waals surface area contributed by atoms with E-state index in [1.165, 1.54) is 0 Å². The molecule has 0 aromatic carbocycles. The van der Waals surface area contributed by atoms with Crippen molar-refractivity contribution in [3.63, 3.8) is 0 Å². The molecule has 0 amide bonds. The number of anilines is 1. The normalized spacial score (nSPS) is 16.6. The van der Waals surface area contributed by atoms with Crippen molar-refractivity contribution >= 4 is 12.8 Å². The molecule has 0 atom stereocenters. The predicted molar refractivity (Wildman–Crippen MR) is 71.1 cm³/mol. The molecule has 0 radical (unpaired) electrons. The van der Waals surface area contributed by atoms with Crippen molar-refractivity contribution in [1.29, 1.82) is 0 Å². The maximum absolute atomic E-state index is 12.5. The predicted octanol–water partition coefficient (Wildman–Crippen LogP) is -0.850. The minimum atomic E-state index is -4.92. The van der Waals surface area contributed by atoms with Crippen LogP contribution in [0.15, 0.2) is 36.4 Å². The largest absolute Gasteiger partial charge is 1.00 e. The van der Waals surface area contributed by atoms with Crippen molar-refractivity contribution < 1.29 is 64.3 Å². The van der Waals surface area contributed by atoms with Crippen molar-refractivity contribution in [2.24, 2.45) is 0 Å². The zero-order chi connectivity index (χ0) is 13.9. The van der Waals surface area contributed by atoms with Crippen LogP contribution >= 0.6 is 0 Å². The Hall–Kier alpha value is 0.141. The molecule has 1 saturated heterocycles. The molecule has 2 rings (SSSR count). The zero-order valence-electron chi connectivity index (χ0n) is 11.6. The molecule has 8 heteroatoms. The van der Waals surface area contributed by atoms with Gasteiger partial charge in [-0.2, -0.15) is 0 Å². The molecule has 1 fully saturated rings. The first-order valence-corrected chi connectivity index (χ1v) is 6.23. The SMILES string of the molecule is C=C(CN1CCN(c2ccccn2)CC1)[B-](F)(F)F.[K+]. The Labute approximate surface area is 159 Å². The van der Waals surface area contributed by atoms with E-state index in [0.29, 0.717) is 26.2 Å². The van der Waals surface area contributed by atoms with E-state index < -0.39 is 12.4 Å². The van der Waals surface area contributed by atoms with Gasteiger partial charge in [0.1, 0.15) is 5.82 Å². The third-order valence-corrected chi connectivity index (χ3v) is 3.24. The van der Waals surface area contributed by atoms with Crippen LogP contribution in [-0.4, -0.2) is 49.6 Å². The van der Waals surface area contributed by atoms with Crippen LogP contribution in [0.1, 0.15) is 0 Å². The van der Waals surface area contributed by atoms with Crippen LogP contribution < -0.4 is 56.3 Å². The smallest absolute Gasteiger partial charge is 0.445 e. The molecule has 0 aliphatic carbocycles. The molecule has 1 aromatic rings. The van der Waals surface area contributed by atoms with E-state index in [2.05, 4.69) is 16.5 Å². The molecule has 1 aromatic heterocycles. The summed E-state index contributed by atoms with van der Waals surface area (Å²) in [6, 6.07) is 5.66. The number of halogens is 3. The maximum Gasteiger partial charge on any atom is 1.00 e. The van der Waals surface area contributed by atoms with Gasteiger partial charge < -0.3 is 17.8 Å². The van der Waals surface area contributed by atoms with Crippen LogP contribution in [0, 0.1) is 0 Å². The van der Waals surface area contributed by atoms with E-state index in [0.717, 1.165) is 5.82 Å². The second-order valence-corrected chi connectivity index (χ2v) is 4.68. The Bertz CT molecular complexity index is 433. The summed E-state index contributed by atoms with van der Waals surface area (Å²) in [6.45, 7) is 0.705. The van der Waals surface area contributed by atoms with E-state index in [4.69, 9.17) is 0 Å². The molecule has 0 spiro atoms. The molecule has 0 saturated carbocycles. The monoisotopic (exact) mass is 309 g/mol. The van der Waals surface area contributed by atoms with Gasteiger partial charge >= 0.3 is 58.4 Å². The fourth-order valence-electron chi connectivity index (χ4n) is 2.07. The molecule has 3 nitrogen and oxygen atoms in total. The quantitative estimate of drug-likeness (QED) is 0.676. The Morgan fingerprint density at radius 2 is 1.85 bits per heavy atom. The minimum Gasteiger partial charge on any atom is -0.445 e. The average Bonchev–Trinajstić information content (AvgIpc) is 2.39. The fourth-order valence-corrected chi connectivity index (χ4v) is 2.07. The Morgan fingerprint density at radius 3 is 2.35 bits per heavy atom. The van der Waals surface area contributed by atoms with E-state index in [1.807, 2.05) is 18.2 Å². The maximum atomic E-state index is 12.5. The van der Waals surface area contributed by atoms with Crippen LogP contribution in [0.25, 0.3) is 0 Å². The molecule has 1 aliphatic heterocycles. The topological polar surface area (TPSA) is 19.4 Å². The average molecular weight is 309 g/mol. The van der Waals surface area contributed by atoms with Crippen LogP contribution in [-0.2, 0) is 0 Å². The summed E-state index contributed by atoms with van der Waals surface area (Å²) in [5.74, 6) is 0.876. The van der Waals surface area contributed by atoms with Gasteiger partial charge in [0.2, 0.25) is 0 Å². The third kappa shape index (κ3) is 5.16.